The summed E-state index contributed by atoms with van der Waals surface area (Å²) in [6, 6.07) is 5.70. The summed E-state index contributed by atoms with van der Waals surface area (Å²) < 4.78 is 0. The molecule has 0 spiro atoms. The van der Waals surface area contributed by atoms with Crippen LogP contribution in [0.5, 0.6) is 5.75 Å². The number of benzene rings is 1. The number of aliphatic carboxylic acids is 1. The zero-order valence-corrected chi connectivity index (χ0v) is 13.8. The van der Waals surface area contributed by atoms with E-state index in [0.717, 1.165) is 17.7 Å². The average Bonchev–Trinajstić information content (AvgIpc) is 2.86. The molecule has 1 amide bonds. The Morgan fingerprint density at radius 3 is 2.56 bits per heavy atom. The molecule has 0 saturated heterocycles. The fraction of sp³-hybridized carbons (Fsp3) is 0.353. The second-order valence-corrected chi connectivity index (χ2v) is 5.77. The number of aliphatic imine (C=N–C) groups is 1. The van der Waals surface area contributed by atoms with Crippen LogP contribution in [0.4, 0.5) is 0 Å². The minimum absolute atomic E-state index is 0.110. The molecule has 0 bridgehead atoms. The number of amides is 1. The lowest BCUT2D eigenvalue weighted by Gasteiger charge is -2.20. The van der Waals surface area contributed by atoms with E-state index in [9.17, 15) is 14.7 Å². The third-order valence-electron chi connectivity index (χ3n) is 3.77. The minimum Gasteiger partial charge on any atom is -0.508 e. The molecule has 0 aromatic heterocycles. The highest BCUT2D eigenvalue weighted by Crippen LogP contribution is 2.21. The largest absolute Gasteiger partial charge is 0.508 e. The van der Waals surface area contributed by atoms with Gasteiger partial charge >= 0.3 is 5.97 Å². The van der Waals surface area contributed by atoms with Crippen LogP contribution in [-0.4, -0.2) is 52.0 Å². The first kappa shape index (κ1) is 18.6. The molecular weight excluding hydrogens is 324 g/mol. The van der Waals surface area contributed by atoms with Crippen LogP contribution in [0, 0.1) is 0 Å². The lowest BCUT2D eigenvalue weighted by atomic mass is 10.1. The Bertz CT molecular complexity index is 697. The number of rotatable bonds is 8. The minimum atomic E-state index is -1.14. The van der Waals surface area contributed by atoms with Gasteiger partial charge in [0.2, 0.25) is 0 Å². The van der Waals surface area contributed by atoms with E-state index in [0.29, 0.717) is 18.5 Å². The van der Waals surface area contributed by atoms with Gasteiger partial charge in [0, 0.05) is 0 Å². The summed E-state index contributed by atoms with van der Waals surface area (Å²) >= 11 is 0. The maximum Gasteiger partial charge on any atom is 0.323 e. The molecule has 25 heavy (non-hydrogen) atoms. The molecule has 6 N–H and O–H groups in total. The average molecular weight is 346 g/mol. The molecule has 8 heteroatoms. The van der Waals surface area contributed by atoms with Crippen LogP contribution in [0.2, 0.25) is 0 Å². The lowest BCUT2D eigenvalue weighted by molar-refractivity contribution is -0.140. The molecule has 1 heterocycles. The summed E-state index contributed by atoms with van der Waals surface area (Å²) in [5.41, 5.74) is 12.4. The molecule has 134 valence electrons. The maximum absolute atomic E-state index is 12.5. The molecule has 0 aliphatic carbocycles. The van der Waals surface area contributed by atoms with E-state index >= 15 is 0 Å². The monoisotopic (exact) mass is 346 g/mol. The van der Waals surface area contributed by atoms with Crippen molar-refractivity contribution in [3.63, 3.8) is 0 Å². The smallest absolute Gasteiger partial charge is 0.323 e. The summed E-state index contributed by atoms with van der Waals surface area (Å²) in [4.78, 5) is 29.0. The van der Waals surface area contributed by atoms with Gasteiger partial charge in [0.15, 0.2) is 0 Å². The van der Waals surface area contributed by atoms with Gasteiger partial charge in [0.05, 0.1) is 6.04 Å². The van der Waals surface area contributed by atoms with Gasteiger partial charge in [-0.3, -0.25) is 14.5 Å². The Morgan fingerprint density at radius 2 is 1.96 bits per heavy atom. The predicted octanol–water partition coefficient (Wildman–Crippen LogP) is 0.515. The van der Waals surface area contributed by atoms with Crippen molar-refractivity contribution in [1.82, 2.24) is 4.90 Å². The number of carbonyl (C=O) groups excluding carboxylic acids is 1. The Labute approximate surface area is 145 Å². The van der Waals surface area contributed by atoms with Crippen LogP contribution >= 0.6 is 0 Å². The normalized spacial score (nSPS) is 17.0. The molecule has 1 aromatic rings. The number of aromatic hydroxyl groups is 1. The third-order valence-corrected chi connectivity index (χ3v) is 3.77. The fourth-order valence-electron chi connectivity index (χ4n) is 2.51. The first-order chi connectivity index (χ1) is 11.9. The van der Waals surface area contributed by atoms with E-state index < -0.39 is 24.5 Å². The van der Waals surface area contributed by atoms with Gasteiger partial charge in [-0.05, 0) is 43.2 Å². The summed E-state index contributed by atoms with van der Waals surface area (Å²) in [5.74, 6) is -1.27. The number of phenols is 1. The van der Waals surface area contributed by atoms with Crippen LogP contribution in [0.3, 0.4) is 0 Å². The molecule has 2 rings (SSSR count). The summed E-state index contributed by atoms with van der Waals surface area (Å²) in [6.45, 7) is 0.0537. The highest BCUT2D eigenvalue weighted by molar-refractivity contribution is 6.16. The molecule has 1 aliphatic rings. The molecule has 1 aliphatic heterocycles. The van der Waals surface area contributed by atoms with Crippen LogP contribution in [0.25, 0.3) is 6.08 Å². The number of carboxylic acids is 1. The van der Waals surface area contributed by atoms with Crippen molar-refractivity contribution in [3.8, 4) is 5.75 Å². The summed E-state index contributed by atoms with van der Waals surface area (Å²) in [5, 5.41) is 18.4. The van der Waals surface area contributed by atoms with Crippen LogP contribution in [0.15, 0.2) is 35.0 Å². The molecule has 0 radical (unpaired) electrons. The Balaban J connectivity index is 2.26. The number of hydrogen-bond acceptors (Lipinski definition) is 6. The van der Waals surface area contributed by atoms with Crippen molar-refractivity contribution in [2.24, 2.45) is 16.5 Å². The summed E-state index contributed by atoms with van der Waals surface area (Å²) in [6.07, 6.45) is 3.66. The van der Waals surface area contributed by atoms with Gasteiger partial charge in [-0.15, -0.1) is 0 Å². The SMILES string of the molecule is NCCCCC(N)C1=NC(=Cc2ccc(O)cc2)C(=O)N1CC(=O)O. The van der Waals surface area contributed by atoms with E-state index in [2.05, 4.69) is 4.99 Å². The van der Waals surface area contributed by atoms with Gasteiger partial charge in [0.25, 0.3) is 5.91 Å². The second kappa shape index (κ2) is 8.41. The molecular formula is C17H22N4O4. The predicted molar refractivity (Wildman–Crippen MR) is 93.7 cm³/mol. The van der Waals surface area contributed by atoms with E-state index in [1.165, 1.54) is 18.2 Å². The molecule has 8 nitrogen and oxygen atoms in total. The topological polar surface area (TPSA) is 142 Å². The number of nitrogens with two attached hydrogens (primary N) is 2. The van der Waals surface area contributed by atoms with Crippen LogP contribution in [-0.2, 0) is 9.59 Å². The first-order valence-electron chi connectivity index (χ1n) is 8.01. The highest BCUT2D eigenvalue weighted by atomic mass is 16.4. The highest BCUT2D eigenvalue weighted by Gasteiger charge is 2.34. The number of carbonyl (C=O) groups is 2. The summed E-state index contributed by atoms with van der Waals surface area (Å²) in [7, 11) is 0. The van der Waals surface area contributed by atoms with Gasteiger partial charge in [-0.25, -0.2) is 4.99 Å². The zero-order valence-electron chi connectivity index (χ0n) is 13.8. The number of amidine groups is 1. The standard InChI is InChI=1S/C17H22N4O4/c18-8-2-1-3-13(19)16-20-14(17(25)21(16)10-15(23)24)9-11-4-6-12(22)7-5-11/h4-7,9,13,22H,1-3,8,10,18-19H2,(H,23,24). The second-order valence-electron chi connectivity index (χ2n) is 5.77. The molecule has 0 saturated carbocycles. The number of nitrogens with zero attached hydrogens (tertiary/aromatic N) is 2. The lowest BCUT2D eigenvalue weighted by Crippen LogP contribution is -2.45. The van der Waals surface area contributed by atoms with Gasteiger partial charge < -0.3 is 21.7 Å². The Kier molecular flexibility index (Phi) is 6.26. The van der Waals surface area contributed by atoms with Crippen LogP contribution < -0.4 is 11.5 Å². The number of hydrogen-bond donors (Lipinski definition) is 4. The van der Waals surface area contributed by atoms with Gasteiger partial charge in [-0.2, -0.15) is 0 Å². The van der Waals surface area contributed by atoms with Crippen molar-refractivity contribution in [2.45, 2.75) is 25.3 Å². The molecule has 1 aromatic carbocycles. The number of phenolic OH excluding ortho intramolecular Hbond substituents is 1. The van der Waals surface area contributed by atoms with E-state index in [1.54, 1.807) is 12.1 Å². The molecule has 1 atom stereocenters. The van der Waals surface area contributed by atoms with E-state index in [1.807, 2.05) is 0 Å². The maximum atomic E-state index is 12.5. The quantitative estimate of drug-likeness (QED) is 0.399. The van der Waals surface area contributed by atoms with Crippen molar-refractivity contribution in [1.29, 1.82) is 0 Å². The molecule has 1 unspecified atom stereocenters. The Hall–Kier alpha value is -2.71. The Morgan fingerprint density at radius 1 is 1.28 bits per heavy atom. The van der Waals surface area contributed by atoms with Crippen molar-refractivity contribution in [2.75, 3.05) is 13.1 Å². The van der Waals surface area contributed by atoms with E-state index in [4.69, 9.17) is 16.6 Å². The van der Waals surface area contributed by atoms with E-state index in [-0.39, 0.29) is 17.3 Å². The van der Waals surface area contributed by atoms with Crippen molar-refractivity contribution in [3.05, 3.63) is 35.5 Å². The fourth-order valence-corrected chi connectivity index (χ4v) is 2.51. The van der Waals surface area contributed by atoms with Gasteiger partial charge in [0.1, 0.15) is 23.8 Å². The van der Waals surface area contributed by atoms with Crippen LogP contribution in [0.1, 0.15) is 24.8 Å². The number of carboxylic acid groups (broad SMARTS) is 1. The number of unbranched alkanes of at least 4 members (excludes halogenated alkanes) is 1. The van der Waals surface area contributed by atoms with Crippen molar-refractivity contribution >= 4 is 23.8 Å². The first-order valence-corrected chi connectivity index (χ1v) is 8.01. The zero-order chi connectivity index (χ0) is 18.4. The van der Waals surface area contributed by atoms with Crippen molar-refractivity contribution < 1.29 is 19.8 Å². The van der Waals surface area contributed by atoms with Gasteiger partial charge in [-0.1, -0.05) is 18.6 Å². The third kappa shape index (κ3) is 4.88. The molecule has 0 fully saturated rings.